The van der Waals surface area contributed by atoms with Gasteiger partial charge in [-0.05, 0) is 81.7 Å². The zero-order chi connectivity index (χ0) is 26.1. The lowest BCUT2D eigenvalue weighted by Gasteiger charge is -2.40. The Labute approximate surface area is 216 Å². The minimum atomic E-state index is -0.525. The van der Waals surface area contributed by atoms with Crippen LogP contribution in [0.15, 0.2) is 36.5 Å². The van der Waals surface area contributed by atoms with E-state index >= 15 is 0 Å². The van der Waals surface area contributed by atoms with Crippen molar-refractivity contribution in [3.8, 4) is 0 Å². The van der Waals surface area contributed by atoms with Gasteiger partial charge in [-0.1, -0.05) is 0 Å². The Balaban J connectivity index is 1.25. The lowest BCUT2D eigenvalue weighted by molar-refractivity contribution is 0.0924. The zero-order valence-electron chi connectivity index (χ0n) is 20.9. The van der Waals surface area contributed by atoms with Gasteiger partial charge in [0.05, 0.1) is 11.1 Å². The number of piperidine rings is 1. The smallest absolute Gasteiger partial charge is 0.251 e. The van der Waals surface area contributed by atoms with Crippen LogP contribution in [0.3, 0.4) is 0 Å². The van der Waals surface area contributed by atoms with Crippen LogP contribution in [-0.4, -0.2) is 52.9 Å². The molecule has 0 radical (unpaired) electrons. The summed E-state index contributed by atoms with van der Waals surface area (Å²) in [6.07, 6.45) is 8.89. The molecule has 3 amide bonds. The third kappa shape index (κ3) is 5.39. The van der Waals surface area contributed by atoms with Crippen molar-refractivity contribution in [2.24, 2.45) is 17.2 Å². The van der Waals surface area contributed by atoms with Gasteiger partial charge in [0, 0.05) is 47.7 Å². The van der Waals surface area contributed by atoms with Gasteiger partial charge < -0.3 is 32.7 Å². The molecule has 2 aliphatic heterocycles. The molecule has 2 saturated heterocycles. The summed E-state index contributed by atoms with van der Waals surface area (Å²) in [7, 11) is 0. The fourth-order valence-corrected chi connectivity index (χ4v) is 6.13. The molecular weight excluding hydrogens is 470 g/mol. The Kier molecular flexibility index (Phi) is 7.01. The Morgan fingerprint density at radius 2 is 1.51 bits per heavy atom. The van der Waals surface area contributed by atoms with Gasteiger partial charge in [-0.3, -0.25) is 14.4 Å². The monoisotopic (exact) mass is 505 g/mol. The van der Waals surface area contributed by atoms with Crippen molar-refractivity contribution >= 4 is 29.2 Å². The summed E-state index contributed by atoms with van der Waals surface area (Å²) in [6.45, 7) is 0. The van der Waals surface area contributed by atoms with E-state index < -0.39 is 11.8 Å². The van der Waals surface area contributed by atoms with Crippen LogP contribution in [0.1, 0.15) is 82.4 Å². The van der Waals surface area contributed by atoms with E-state index in [2.05, 4.69) is 20.5 Å². The summed E-state index contributed by atoms with van der Waals surface area (Å²) in [6, 6.07) is 9.56. The number of rotatable bonds is 7. The molecule has 3 heterocycles. The number of anilines is 2. The predicted octanol–water partition coefficient (Wildman–Crippen LogP) is 1.89. The topological polar surface area (TPSA) is 169 Å². The minimum Gasteiger partial charge on any atom is -0.382 e. The number of carbonyl (C=O) groups is 3. The Bertz CT molecular complexity index is 1160. The van der Waals surface area contributed by atoms with E-state index in [4.69, 9.17) is 17.2 Å². The molecule has 37 heavy (non-hydrogen) atoms. The summed E-state index contributed by atoms with van der Waals surface area (Å²) < 4.78 is 0. The van der Waals surface area contributed by atoms with Gasteiger partial charge in [0.25, 0.3) is 11.8 Å². The molecule has 10 heteroatoms. The van der Waals surface area contributed by atoms with E-state index in [0.717, 1.165) is 57.2 Å². The summed E-state index contributed by atoms with van der Waals surface area (Å²) in [5.41, 5.74) is 18.8. The predicted molar refractivity (Wildman–Crippen MR) is 141 cm³/mol. The Morgan fingerprint density at radius 1 is 0.838 bits per heavy atom. The number of nitrogens with one attached hydrogen (secondary N) is 2. The van der Waals surface area contributed by atoms with Crippen molar-refractivity contribution in [1.82, 2.24) is 10.3 Å². The second kappa shape index (κ2) is 10.4. The third-order valence-corrected chi connectivity index (χ3v) is 8.04. The highest BCUT2D eigenvalue weighted by atomic mass is 16.2. The number of primary amides is 2. The first-order chi connectivity index (χ1) is 17.8. The summed E-state index contributed by atoms with van der Waals surface area (Å²) >= 11 is 0. The number of hydrogen-bond acceptors (Lipinski definition) is 7. The van der Waals surface area contributed by atoms with Crippen molar-refractivity contribution in [2.75, 3.05) is 10.2 Å². The molecule has 1 aromatic carbocycles. The molecule has 1 aliphatic carbocycles. The average Bonchev–Trinajstić information content (AvgIpc) is 3.15. The molecule has 2 bridgehead atoms. The van der Waals surface area contributed by atoms with Crippen LogP contribution in [0.25, 0.3) is 0 Å². The fraction of sp³-hybridized carbons (Fsp3) is 0.481. The molecule has 196 valence electrons. The molecule has 2 unspecified atom stereocenters. The van der Waals surface area contributed by atoms with Crippen LogP contribution >= 0.6 is 0 Å². The van der Waals surface area contributed by atoms with E-state index in [9.17, 15) is 14.4 Å². The first kappa shape index (κ1) is 25.0. The van der Waals surface area contributed by atoms with Crippen LogP contribution < -0.4 is 32.7 Å². The summed E-state index contributed by atoms with van der Waals surface area (Å²) in [5, 5.41) is 6.64. The molecule has 3 fully saturated rings. The first-order valence-corrected chi connectivity index (χ1v) is 13.1. The molecular formula is C27H35N7O3. The van der Waals surface area contributed by atoms with Crippen LogP contribution in [0.4, 0.5) is 11.5 Å². The third-order valence-electron chi connectivity index (χ3n) is 8.04. The van der Waals surface area contributed by atoms with Crippen molar-refractivity contribution in [3.05, 3.63) is 53.2 Å². The highest BCUT2D eigenvalue weighted by Crippen LogP contribution is 2.38. The average molecular weight is 506 g/mol. The highest BCUT2D eigenvalue weighted by Gasteiger charge is 2.41. The van der Waals surface area contributed by atoms with Gasteiger partial charge in [0.2, 0.25) is 5.91 Å². The van der Waals surface area contributed by atoms with E-state index in [-0.39, 0.29) is 36.1 Å². The molecule has 3 aliphatic rings. The number of nitrogens with two attached hydrogens (primary N) is 3. The van der Waals surface area contributed by atoms with Gasteiger partial charge in [0.15, 0.2) is 0 Å². The molecule has 10 nitrogen and oxygen atoms in total. The van der Waals surface area contributed by atoms with Crippen LogP contribution in [-0.2, 0) is 0 Å². The van der Waals surface area contributed by atoms with Gasteiger partial charge in [0.1, 0.15) is 5.82 Å². The molecule has 0 spiro atoms. The summed E-state index contributed by atoms with van der Waals surface area (Å²) in [5.74, 6) is -0.341. The number of benzene rings is 1. The van der Waals surface area contributed by atoms with Crippen LogP contribution in [0.2, 0.25) is 0 Å². The normalized spacial score (nSPS) is 26.9. The van der Waals surface area contributed by atoms with E-state index in [0.29, 0.717) is 22.4 Å². The number of nitrogens with zero attached hydrogens (tertiary/aromatic N) is 2. The number of fused-ring (bicyclic) bond motifs is 2. The zero-order valence-corrected chi connectivity index (χ0v) is 20.9. The maximum atomic E-state index is 13.2. The lowest BCUT2D eigenvalue weighted by Crippen LogP contribution is -2.50. The maximum absolute atomic E-state index is 13.2. The highest BCUT2D eigenvalue weighted by molar-refractivity contribution is 6.02. The number of hydrogen-bond donors (Lipinski definition) is 5. The van der Waals surface area contributed by atoms with Crippen molar-refractivity contribution < 1.29 is 14.4 Å². The molecule has 2 atom stereocenters. The van der Waals surface area contributed by atoms with Gasteiger partial charge in [-0.25, -0.2) is 4.98 Å². The quantitative estimate of drug-likeness (QED) is 0.382. The van der Waals surface area contributed by atoms with Gasteiger partial charge >= 0.3 is 0 Å². The van der Waals surface area contributed by atoms with Gasteiger partial charge in [-0.15, -0.1) is 0 Å². The molecule has 1 aromatic heterocycles. The number of carbonyl (C=O) groups excluding carboxylic acids is 3. The van der Waals surface area contributed by atoms with Crippen molar-refractivity contribution in [3.63, 3.8) is 0 Å². The molecule has 5 rings (SSSR count). The summed E-state index contributed by atoms with van der Waals surface area (Å²) in [4.78, 5) is 43.4. The van der Waals surface area contributed by atoms with Crippen molar-refractivity contribution in [2.45, 2.75) is 81.6 Å². The fourth-order valence-electron chi connectivity index (χ4n) is 6.13. The molecule has 8 N–H and O–H groups in total. The maximum Gasteiger partial charge on any atom is 0.251 e. The van der Waals surface area contributed by atoms with E-state index in [1.807, 2.05) is 6.07 Å². The SMILES string of the molecule is NC(=O)c1ccc(N2C3CCC2CC(NC(=O)c2ccc(C(N)=O)c(N[C@H]4CC[C@H](N)CC4)c2)C3)nc1. The lowest BCUT2D eigenvalue weighted by atomic mass is 9.91. The van der Waals surface area contributed by atoms with E-state index in [1.54, 1.807) is 24.3 Å². The second-order valence-corrected chi connectivity index (χ2v) is 10.6. The largest absolute Gasteiger partial charge is 0.382 e. The van der Waals surface area contributed by atoms with Crippen molar-refractivity contribution in [1.29, 1.82) is 0 Å². The molecule has 2 aromatic rings. The van der Waals surface area contributed by atoms with Crippen LogP contribution in [0.5, 0.6) is 0 Å². The minimum absolute atomic E-state index is 0.0400. The van der Waals surface area contributed by atoms with Gasteiger partial charge in [-0.2, -0.15) is 0 Å². The van der Waals surface area contributed by atoms with E-state index in [1.165, 1.54) is 6.20 Å². The number of pyridine rings is 1. The van der Waals surface area contributed by atoms with Crippen LogP contribution in [0, 0.1) is 0 Å². The molecule has 1 saturated carbocycles. The first-order valence-electron chi connectivity index (χ1n) is 13.1. The number of amides is 3. The standard InChI is InChI=1S/C27H35N7O3/c28-17-3-5-18(6-4-17)32-23-11-15(1-9-22(23)26(30)36)27(37)33-19-12-20-7-8-21(13-19)34(20)24-10-2-16(14-31-24)25(29)35/h1-2,9-11,14,17-21,32H,3-8,12-13,28H2,(H2,29,35)(H2,30,36)(H,33,37)/t17-,18-,19?,20?,21?. The Hall–Kier alpha value is -3.66. The second-order valence-electron chi connectivity index (χ2n) is 10.6. The number of aromatic nitrogens is 1. The Morgan fingerprint density at radius 3 is 2.11 bits per heavy atom.